The van der Waals surface area contributed by atoms with E-state index in [2.05, 4.69) is 26.6 Å². The van der Waals surface area contributed by atoms with Crippen molar-refractivity contribution in [3.05, 3.63) is 29.8 Å². The normalized spacial score (nSPS) is 23.9. The van der Waals surface area contributed by atoms with Gasteiger partial charge in [0.05, 0.1) is 6.61 Å². The molecule has 0 bridgehead atoms. The first-order chi connectivity index (χ1) is 14.7. The number of likely N-dealkylation sites (N-methyl/N-ethyl adjacent to an activating group) is 1. The minimum Gasteiger partial charge on any atom is -0.494 e. The summed E-state index contributed by atoms with van der Waals surface area (Å²) in [4.78, 5) is 22.7. The Balaban J connectivity index is 1.25. The Bertz CT molecular complexity index is 684. The fraction of sp³-hybridized carbons (Fsp3) is 0.708. The molecular formula is C24H38N4O2. The molecule has 1 aromatic rings. The van der Waals surface area contributed by atoms with E-state index in [4.69, 9.17) is 4.74 Å². The van der Waals surface area contributed by atoms with Crippen molar-refractivity contribution < 1.29 is 9.53 Å². The SMILES string of the molecule is CN1CCN(CCCOc2cccc(C(=O)N3CCC[C@H]3CN3CCCC3)c2)CC1. The van der Waals surface area contributed by atoms with Gasteiger partial charge in [0, 0.05) is 57.4 Å². The van der Waals surface area contributed by atoms with Crippen molar-refractivity contribution in [2.45, 2.75) is 38.1 Å². The van der Waals surface area contributed by atoms with Crippen molar-refractivity contribution >= 4 is 5.91 Å². The number of carbonyl (C=O) groups is 1. The molecule has 0 N–H and O–H groups in total. The van der Waals surface area contributed by atoms with Crippen LogP contribution in [0.1, 0.15) is 42.5 Å². The molecule has 6 heteroatoms. The van der Waals surface area contributed by atoms with Crippen LogP contribution in [0, 0.1) is 0 Å². The maximum Gasteiger partial charge on any atom is 0.254 e. The summed E-state index contributed by atoms with van der Waals surface area (Å²) in [7, 11) is 2.19. The second kappa shape index (κ2) is 10.6. The van der Waals surface area contributed by atoms with Crippen LogP contribution in [-0.2, 0) is 0 Å². The molecule has 0 saturated carbocycles. The summed E-state index contributed by atoms with van der Waals surface area (Å²) in [5.41, 5.74) is 0.764. The number of piperazine rings is 1. The zero-order chi connectivity index (χ0) is 20.8. The minimum absolute atomic E-state index is 0.166. The molecule has 0 unspecified atom stereocenters. The number of hydrogen-bond donors (Lipinski definition) is 0. The average molecular weight is 415 g/mol. The Labute approximate surface area is 181 Å². The van der Waals surface area contributed by atoms with Gasteiger partial charge in [-0.3, -0.25) is 4.79 Å². The predicted octanol–water partition coefficient (Wildman–Crippen LogP) is 2.40. The Morgan fingerprint density at radius 1 is 1.00 bits per heavy atom. The second-order valence-electron chi connectivity index (χ2n) is 9.18. The molecule has 3 aliphatic heterocycles. The molecule has 1 aromatic carbocycles. The predicted molar refractivity (Wildman–Crippen MR) is 120 cm³/mol. The largest absolute Gasteiger partial charge is 0.494 e. The van der Waals surface area contributed by atoms with Crippen LogP contribution < -0.4 is 4.74 Å². The molecular weight excluding hydrogens is 376 g/mol. The van der Waals surface area contributed by atoms with E-state index in [9.17, 15) is 4.79 Å². The van der Waals surface area contributed by atoms with Crippen molar-refractivity contribution in [1.82, 2.24) is 19.6 Å². The van der Waals surface area contributed by atoms with Crippen LogP contribution >= 0.6 is 0 Å². The number of likely N-dealkylation sites (tertiary alicyclic amines) is 2. The maximum absolute atomic E-state index is 13.2. The van der Waals surface area contributed by atoms with E-state index in [1.54, 1.807) is 0 Å². The van der Waals surface area contributed by atoms with E-state index in [-0.39, 0.29) is 5.91 Å². The summed E-state index contributed by atoms with van der Waals surface area (Å²) >= 11 is 0. The molecule has 1 amide bonds. The first-order valence-corrected chi connectivity index (χ1v) is 11.9. The van der Waals surface area contributed by atoms with E-state index in [0.29, 0.717) is 12.6 Å². The third kappa shape index (κ3) is 5.74. The van der Waals surface area contributed by atoms with Crippen LogP contribution in [0.4, 0.5) is 0 Å². The first kappa shape index (κ1) is 21.6. The van der Waals surface area contributed by atoms with Crippen LogP contribution in [0.3, 0.4) is 0 Å². The van der Waals surface area contributed by atoms with Crippen LogP contribution in [0.2, 0.25) is 0 Å². The topological polar surface area (TPSA) is 39.3 Å². The fourth-order valence-corrected chi connectivity index (χ4v) is 4.99. The summed E-state index contributed by atoms with van der Waals surface area (Å²) in [6.07, 6.45) is 5.87. The highest BCUT2D eigenvalue weighted by Gasteiger charge is 2.31. The lowest BCUT2D eigenvalue weighted by Gasteiger charge is -2.32. The summed E-state index contributed by atoms with van der Waals surface area (Å²) in [5, 5.41) is 0. The van der Waals surface area contributed by atoms with Gasteiger partial charge in [-0.1, -0.05) is 6.07 Å². The molecule has 3 fully saturated rings. The van der Waals surface area contributed by atoms with Gasteiger partial charge in [-0.15, -0.1) is 0 Å². The lowest BCUT2D eigenvalue weighted by molar-refractivity contribution is 0.0708. The van der Waals surface area contributed by atoms with Gasteiger partial charge in [-0.25, -0.2) is 0 Å². The third-order valence-electron chi connectivity index (χ3n) is 6.87. The van der Waals surface area contributed by atoms with Gasteiger partial charge in [-0.05, 0) is 70.4 Å². The maximum atomic E-state index is 13.2. The number of amides is 1. The molecule has 3 saturated heterocycles. The van der Waals surface area contributed by atoms with Gasteiger partial charge in [-0.2, -0.15) is 0 Å². The number of nitrogens with zero attached hydrogens (tertiary/aromatic N) is 4. The summed E-state index contributed by atoms with van der Waals surface area (Å²) < 4.78 is 5.99. The summed E-state index contributed by atoms with van der Waals surface area (Å²) in [6, 6.07) is 8.16. The number of hydrogen-bond acceptors (Lipinski definition) is 5. The van der Waals surface area contributed by atoms with Crippen molar-refractivity contribution in [3.63, 3.8) is 0 Å². The lowest BCUT2D eigenvalue weighted by Crippen LogP contribution is -2.44. The van der Waals surface area contributed by atoms with Gasteiger partial charge in [0.15, 0.2) is 0 Å². The monoisotopic (exact) mass is 414 g/mol. The fourth-order valence-electron chi connectivity index (χ4n) is 4.99. The number of carbonyl (C=O) groups excluding carboxylic acids is 1. The number of rotatable bonds is 8. The number of ether oxygens (including phenoxy) is 1. The molecule has 0 spiro atoms. The number of benzene rings is 1. The third-order valence-corrected chi connectivity index (χ3v) is 6.87. The molecule has 3 heterocycles. The summed E-state index contributed by atoms with van der Waals surface area (Å²) in [5.74, 6) is 0.981. The Morgan fingerprint density at radius 2 is 1.80 bits per heavy atom. The van der Waals surface area contributed by atoms with E-state index in [1.165, 1.54) is 25.9 Å². The zero-order valence-corrected chi connectivity index (χ0v) is 18.6. The van der Waals surface area contributed by atoms with E-state index in [0.717, 1.165) is 76.4 Å². The zero-order valence-electron chi connectivity index (χ0n) is 18.6. The minimum atomic E-state index is 0.166. The smallest absolute Gasteiger partial charge is 0.254 e. The molecule has 1 atom stereocenters. The molecule has 166 valence electrons. The van der Waals surface area contributed by atoms with E-state index < -0.39 is 0 Å². The molecule has 30 heavy (non-hydrogen) atoms. The van der Waals surface area contributed by atoms with Gasteiger partial charge in [0.2, 0.25) is 0 Å². The Hall–Kier alpha value is -1.63. The lowest BCUT2D eigenvalue weighted by atomic mass is 10.1. The molecule has 3 aliphatic rings. The van der Waals surface area contributed by atoms with Gasteiger partial charge in [0.1, 0.15) is 5.75 Å². The average Bonchev–Trinajstić information content (AvgIpc) is 3.45. The Kier molecular flexibility index (Phi) is 7.63. The highest BCUT2D eigenvalue weighted by molar-refractivity contribution is 5.95. The highest BCUT2D eigenvalue weighted by Crippen LogP contribution is 2.24. The molecule has 0 radical (unpaired) electrons. The van der Waals surface area contributed by atoms with E-state index in [1.807, 2.05) is 24.3 Å². The van der Waals surface area contributed by atoms with Crippen molar-refractivity contribution in [3.8, 4) is 5.75 Å². The standard InChI is InChI=1S/C24H38N4O2/c1-25-14-16-26(17-15-25)12-6-18-30-23-9-4-7-21(19-23)24(29)28-13-5-8-22(28)20-27-10-2-3-11-27/h4,7,9,19,22H,2-3,5-6,8,10-18,20H2,1H3/t22-/m0/s1. The van der Waals surface area contributed by atoms with Crippen molar-refractivity contribution in [2.75, 3.05) is 72.6 Å². The van der Waals surface area contributed by atoms with Crippen molar-refractivity contribution in [1.29, 1.82) is 0 Å². The second-order valence-corrected chi connectivity index (χ2v) is 9.18. The molecule has 0 aromatic heterocycles. The quantitative estimate of drug-likeness (QED) is 0.611. The van der Waals surface area contributed by atoms with Gasteiger partial charge >= 0.3 is 0 Å². The van der Waals surface area contributed by atoms with Crippen LogP contribution in [0.25, 0.3) is 0 Å². The summed E-state index contributed by atoms with van der Waals surface area (Å²) in [6.45, 7) is 10.7. The van der Waals surface area contributed by atoms with Crippen LogP contribution in [-0.4, -0.2) is 104 Å². The molecule has 4 rings (SSSR count). The van der Waals surface area contributed by atoms with Crippen molar-refractivity contribution in [2.24, 2.45) is 0 Å². The van der Waals surface area contributed by atoms with E-state index >= 15 is 0 Å². The first-order valence-electron chi connectivity index (χ1n) is 11.9. The molecule has 6 nitrogen and oxygen atoms in total. The van der Waals surface area contributed by atoms with Crippen LogP contribution in [0.5, 0.6) is 5.75 Å². The molecule has 0 aliphatic carbocycles. The van der Waals surface area contributed by atoms with Gasteiger partial charge < -0.3 is 24.3 Å². The van der Waals surface area contributed by atoms with Gasteiger partial charge in [0.25, 0.3) is 5.91 Å². The van der Waals surface area contributed by atoms with Crippen LogP contribution in [0.15, 0.2) is 24.3 Å². The Morgan fingerprint density at radius 3 is 2.60 bits per heavy atom. The highest BCUT2D eigenvalue weighted by atomic mass is 16.5.